The monoisotopic (exact) mass is 452 g/mol. The van der Waals surface area contributed by atoms with E-state index >= 15 is 0 Å². The summed E-state index contributed by atoms with van der Waals surface area (Å²) in [5, 5.41) is 13.3. The molecule has 4 rings (SSSR count). The molecule has 0 unspecified atom stereocenters. The molecule has 1 fully saturated rings. The van der Waals surface area contributed by atoms with Gasteiger partial charge in [0.25, 0.3) is 11.7 Å². The molecule has 4 heterocycles. The zero-order chi connectivity index (χ0) is 22.8. The summed E-state index contributed by atoms with van der Waals surface area (Å²) in [4.78, 5) is 35.5. The number of carbonyl (C=O) groups excluding carboxylic acids is 2. The highest BCUT2D eigenvalue weighted by atomic mass is 32.1. The van der Waals surface area contributed by atoms with Crippen molar-refractivity contribution in [3.05, 3.63) is 63.7 Å². The standard InChI is InChI=1S/C24H28N4O3S/c1-4-26(5-2)12-9-14-28-21(17-10-8-15-32-17)19(23(30)24(28)31)22(29)20-16(3)25-18-11-6-7-13-27(18)20/h6-8,10-11,13,15,21,29H,4-5,9,12,14H2,1-3H3/b22-19+/t21-/m1/s1. The zero-order valence-corrected chi connectivity index (χ0v) is 19.4. The van der Waals surface area contributed by atoms with Crippen molar-refractivity contribution in [3.63, 3.8) is 0 Å². The summed E-state index contributed by atoms with van der Waals surface area (Å²) in [6.07, 6.45) is 2.55. The summed E-state index contributed by atoms with van der Waals surface area (Å²) in [7, 11) is 0. The number of aromatic nitrogens is 2. The first-order valence-corrected chi connectivity index (χ1v) is 11.8. The van der Waals surface area contributed by atoms with E-state index in [1.165, 1.54) is 11.3 Å². The first-order valence-electron chi connectivity index (χ1n) is 11.0. The zero-order valence-electron chi connectivity index (χ0n) is 18.6. The minimum absolute atomic E-state index is 0.133. The molecule has 8 heteroatoms. The third-order valence-corrected chi connectivity index (χ3v) is 6.97. The average Bonchev–Trinajstić information content (AvgIpc) is 3.49. The van der Waals surface area contributed by atoms with Crippen LogP contribution in [0.4, 0.5) is 0 Å². The van der Waals surface area contributed by atoms with Crippen LogP contribution in [0.2, 0.25) is 0 Å². The second kappa shape index (κ2) is 9.26. The third-order valence-electron chi connectivity index (χ3n) is 6.05. The first kappa shape index (κ1) is 22.2. The highest BCUT2D eigenvalue weighted by molar-refractivity contribution is 7.10. The highest BCUT2D eigenvalue weighted by Crippen LogP contribution is 2.41. The molecule has 1 aliphatic heterocycles. The second-order valence-electron chi connectivity index (χ2n) is 7.86. The van der Waals surface area contributed by atoms with Gasteiger partial charge in [0, 0.05) is 17.6 Å². The number of aryl methyl sites for hydroxylation is 1. The molecule has 0 radical (unpaired) electrons. The Morgan fingerprint density at radius 2 is 1.97 bits per heavy atom. The first-order chi connectivity index (χ1) is 15.5. The third kappa shape index (κ3) is 3.84. The van der Waals surface area contributed by atoms with Crippen molar-refractivity contribution in [2.75, 3.05) is 26.2 Å². The number of hydrogen-bond acceptors (Lipinski definition) is 6. The van der Waals surface area contributed by atoms with Crippen LogP contribution in [0.15, 0.2) is 47.5 Å². The number of rotatable bonds is 8. The molecule has 1 amide bonds. The van der Waals surface area contributed by atoms with Gasteiger partial charge in [-0.1, -0.05) is 26.0 Å². The van der Waals surface area contributed by atoms with Crippen LogP contribution in [0.25, 0.3) is 11.4 Å². The summed E-state index contributed by atoms with van der Waals surface area (Å²) in [6, 6.07) is 8.76. The fourth-order valence-electron chi connectivity index (χ4n) is 4.38. The van der Waals surface area contributed by atoms with Crippen molar-refractivity contribution in [1.29, 1.82) is 0 Å². The molecular weight excluding hydrogens is 424 g/mol. The largest absolute Gasteiger partial charge is 0.505 e. The number of aliphatic hydroxyl groups is 1. The molecule has 0 saturated carbocycles. The molecule has 3 aromatic heterocycles. The van der Waals surface area contributed by atoms with Crippen LogP contribution in [0.5, 0.6) is 0 Å². The number of likely N-dealkylation sites (tertiary alicyclic amines) is 1. The normalized spacial score (nSPS) is 18.4. The lowest BCUT2D eigenvalue weighted by Gasteiger charge is -2.25. The van der Waals surface area contributed by atoms with Gasteiger partial charge >= 0.3 is 0 Å². The number of carbonyl (C=O) groups is 2. The minimum Gasteiger partial charge on any atom is -0.505 e. The number of fused-ring (bicyclic) bond motifs is 1. The Morgan fingerprint density at radius 3 is 2.66 bits per heavy atom. The predicted molar refractivity (Wildman–Crippen MR) is 126 cm³/mol. The van der Waals surface area contributed by atoms with Crippen molar-refractivity contribution >= 4 is 34.4 Å². The summed E-state index contributed by atoms with van der Waals surface area (Å²) in [6.45, 7) is 9.20. The lowest BCUT2D eigenvalue weighted by atomic mass is 10.0. The number of hydrogen-bond donors (Lipinski definition) is 1. The van der Waals surface area contributed by atoms with Crippen LogP contribution in [-0.2, 0) is 9.59 Å². The Bertz CT molecular complexity index is 1160. The summed E-state index contributed by atoms with van der Waals surface area (Å²) < 4.78 is 1.75. The Kier molecular flexibility index (Phi) is 6.43. The van der Waals surface area contributed by atoms with E-state index in [0.29, 0.717) is 23.6 Å². The number of imidazole rings is 1. The number of nitrogens with zero attached hydrogens (tertiary/aromatic N) is 4. The van der Waals surface area contributed by atoms with Crippen LogP contribution in [0.3, 0.4) is 0 Å². The van der Waals surface area contributed by atoms with Crippen LogP contribution >= 0.6 is 11.3 Å². The molecule has 1 aliphatic rings. The van der Waals surface area contributed by atoms with Gasteiger partial charge in [0.15, 0.2) is 5.76 Å². The predicted octanol–water partition coefficient (Wildman–Crippen LogP) is 3.86. The molecule has 1 saturated heterocycles. The van der Waals surface area contributed by atoms with Gasteiger partial charge in [-0.3, -0.25) is 14.0 Å². The van der Waals surface area contributed by atoms with Gasteiger partial charge in [0.1, 0.15) is 11.3 Å². The van der Waals surface area contributed by atoms with Crippen molar-refractivity contribution in [3.8, 4) is 0 Å². The Morgan fingerprint density at radius 1 is 1.19 bits per heavy atom. The Hall–Kier alpha value is -2.97. The molecule has 1 atom stereocenters. The number of amides is 1. The van der Waals surface area contributed by atoms with Gasteiger partial charge in [-0.15, -0.1) is 11.3 Å². The van der Waals surface area contributed by atoms with Crippen molar-refractivity contribution < 1.29 is 14.7 Å². The summed E-state index contributed by atoms with van der Waals surface area (Å²) in [5.41, 5.74) is 1.86. The lowest BCUT2D eigenvalue weighted by molar-refractivity contribution is -0.139. The van der Waals surface area contributed by atoms with Crippen LogP contribution in [0, 0.1) is 6.92 Å². The highest BCUT2D eigenvalue weighted by Gasteiger charge is 2.46. The topological polar surface area (TPSA) is 78.2 Å². The molecule has 0 spiro atoms. The molecule has 0 aliphatic carbocycles. The molecule has 1 N–H and O–H groups in total. The molecule has 168 valence electrons. The quantitative estimate of drug-likeness (QED) is 0.319. The number of pyridine rings is 1. The summed E-state index contributed by atoms with van der Waals surface area (Å²) >= 11 is 1.48. The van der Waals surface area contributed by atoms with Gasteiger partial charge in [0.2, 0.25) is 0 Å². The van der Waals surface area contributed by atoms with E-state index in [0.717, 1.165) is 30.9 Å². The SMILES string of the molecule is CCN(CC)CCCN1C(=O)C(=O)/C(=C(/O)c2c(C)nc3ccccn23)[C@H]1c1cccs1. The van der Waals surface area contributed by atoms with E-state index in [4.69, 9.17) is 0 Å². The lowest BCUT2D eigenvalue weighted by Crippen LogP contribution is -2.33. The van der Waals surface area contributed by atoms with Crippen molar-refractivity contribution in [1.82, 2.24) is 19.2 Å². The summed E-state index contributed by atoms with van der Waals surface area (Å²) in [5.74, 6) is -1.38. The van der Waals surface area contributed by atoms with Crippen LogP contribution < -0.4 is 0 Å². The van der Waals surface area contributed by atoms with E-state index < -0.39 is 17.7 Å². The number of aliphatic hydroxyl groups excluding tert-OH is 1. The number of Topliss-reactive ketones (excluding diaryl/α,β-unsaturated/α-hetero) is 1. The van der Waals surface area contributed by atoms with Gasteiger partial charge in [-0.05, 0) is 56.6 Å². The molecule has 7 nitrogen and oxygen atoms in total. The van der Waals surface area contributed by atoms with Gasteiger partial charge < -0.3 is 14.9 Å². The van der Waals surface area contributed by atoms with Crippen molar-refractivity contribution in [2.24, 2.45) is 0 Å². The molecule has 3 aromatic rings. The van der Waals surface area contributed by atoms with E-state index in [-0.39, 0.29) is 11.3 Å². The van der Waals surface area contributed by atoms with Crippen LogP contribution in [0.1, 0.15) is 42.6 Å². The maximum atomic E-state index is 13.2. The number of ketones is 1. The Balaban J connectivity index is 1.77. The van der Waals surface area contributed by atoms with E-state index in [2.05, 4.69) is 23.7 Å². The van der Waals surface area contributed by atoms with Crippen LogP contribution in [-0.4, -0.2) is 62.2 Å². The van der Waals surface area contributed by atoms with E-state index in [1.54, 1.807) is 22.4 Å². The van der Waals surface area contributed by atoms with E-state index in [9.17, 15) is 14.7 Å². The minimum atomic E-state index is -0.644. The van der Waals surface area contributed by atoms with E-state index in [1.807, 2.05) is 35.7 Å². The fourth-order valence-corrected chi connectivity index (χ4v) is 5.23. The fraction of sp³-hybridized carbons (Fsp3) is 0.375. The number of thiophene rings is 1. The van der Waals surface area contributed by atoms with Crippen molar-refractivity contribution in [2.45, 2.75) is 33.2 Å². The second-order valence-corrected chi connectivity index (χ2v) is 8.84. The molecular formula is C24H28N4O3S. The van der Waals surface area contributed by atoms with Gasteiger partial charge in [0.05, 0.1) is 17.3 Å². The Labute approximate surface area is 191 Å². The van der Waals surface area contributed by atoms with Gasteiger partial charge in [-0.25, -0.2) is 4.98 Å². The average molecular weight is 453 g/mol. The molecule has 0 bridgehead atoms. The van der Waals surface area contributed by atoms with Gasteiger partial charge in [-0.2, -0.15) is 0 Å². The maximum Gasteiger partial charge on any atom is 0.295 e. The molecule has 32 heavy (non-hydrogen) atoms. The maximum absolute atomic E-state index is 13.2. The smallest absolute Gasteiger partial charge is 0.295 e. The molecule has 0 aromatic carbocycles.